The van der Waals surface area contributed by atoms with Gasteiger partial charge in [-0.2, -0.15) is 0 Å². The molecule has 0 amide bonds. The topological polar surface area (TPSA) is 29.5 Å². The standard InChI is InChI=1S/C38H78O2/c1-3-4-5-6-7-8-9-10-11-15-18-21-24-27-30-33-36-40-37-34-31-28-25-22-19-16-13-12-14-17-20-23-26-29-32-35-38(2)39/h38-39H,3-37H2,1-2H3. The highest BCUT2D eigenvalue weighted by molar-refractivity contribution is 4.53. The number of rotatable bonds is 36. The maximum atomic E-state index is 9.27. The minimum atomic E-state index is -0.109. The van der Waals surface area contributed by atoms with Crippen LogP contribution in [0.5, 0.6) is 0 Å². The Labute approximate surface area is 254 Å². The monoisotopic (exact) mass is 567 g/mol. The predicted octanol–water partition coefficient (Wildman–Crippen LogP) is 13.3. The Morgan fingerprint density at radius 3 is 0.825 bits per heavy atom. The SMILES string of the molecule is CCCCCCCCCCCCCCCCCCOCCCCCCCCCCCCCCCCCCC(C)O. The fourth-order valence-corrected chi connectivity index (χ4v) is 5.97. The van der Waals surface area contributed by atoms with E-state index in [0.29, 0.717) is 0 Å². The summed E-state index contributed by atoms with van der Waals surface area (Å²) in [7, 11) is 0. The van der Waals surface area contributed by atoms with Gasteiger partial charge < -0.3 is 9.84 Å². The minimum absolute atomic E-state index is 0.109. The summed E-state index contributed by atoms with van der Waals surface area (Å²) in [6.07, 6.45) is 46.0. The summed E-state index contributed by atoms with van der Waals surface area (Å²) >= 11 is 0. The zero-order valence-electron chi connectivity index (χ0n) is 28.2. The Hall–Kier alpha value is -0.0800. The van der Waals surface area contributed by atoms with Gasteiger partial charge in [0.2, 0.25) is 0 Å². The van der Waals surface area contributed by atoms with Crippen LogP contribution in [-0.2, 0) is 4.74 Å². The van der Waals surface area contributed by atoms with Crippen LogP contribution in [0.3, 0.4) is 0 Å². The molecule has 0 aromatic heterocycles. The van der Waals surface area contributed by atoms with Gasteiger partial charge in [0.15, 0.2) is 0 Å². The molecule has 0 heterocycles. The smallest absolute Gasteiger partial charge is 0.0512 e. The van der Waals surface area contributed by atoms with Gasteiger partial charge >= 0.3 is 0 Å². The van der Waals surface area contributed by atoms with E-state index in [0.717, 1.165) is 19.6 Å². The highest BCUT2D eigenvalue weighted by Gasteiger charge is 1.98. The van der Waals surface area contributed by atoms with E-state index in [4.69, 9.17) is 4.74 Å². The predicted molar refractivity (Wildman–Crippen MR) is 181 cm³/mol. The number of hydrogen-bond acceptors (Lipinski definition) is 2. The molecule has 0 aromatic carbocycles. The van der Waals surface area contributed by atoms with E-state index in [-0.39, 0.29) is 6.10 Å². The summed E-state index contributed by atoms with van der Waals surface area (Å²) in [5.74, 6) is 0. The maximum absolute atomic E-state index is 9.27. The third-order valence-corrected chi connectivity index (χ3v) is 8.80. The van der Waals surface area contributed by atoms with Crippen molar-refractivity contribution in [3.63, 3.8) is 0 Å². The molecule has 1 atom stereocenters. The number of aliphatic hydroxyl groups excluding tert-OH is 1. The molecule has 0 saturated heterocycles. The van der Waals surface area contributed by atoms with Gasteiger partial charge in [0.05, 0.1) is 6.10 Å². The van der Waals surface area contributed by atoms with Crippen LogP contribution in [-0.4, -0.2) is 24.4 Å². The average Bonchev–Trinajstić information content (AvgIpc) is 2.95. The minimum Gasteiger partial charge on any atom is -0.393 e. The number of aliphatic hydroxyl groups is 1. The Morgan fingerprint density at radius 1 is 0.350 bits per heavy atom. The molecule has 40 heavy (non-hydrogen) atoms. The van der Waals surface area contributed by atoms with Crippen LogP contribution in [0.1, 0.15) is 226 Å². The first-order valence-electron chi connectivity index (χ1n) is 19.0. The second-order valence-corrected chi connectivity index (χ2v) is 13.2. The van der Waals surface area contributed by atoms with Gasteiger partial charge in [0.1, 0.15) is 0 Å². The average molecular weight is 567 g/mol. The van der Waals surface area contributed by atoms with Crippen LogP contribution in [0.2, 0.25) is 0 Å². The van der Waals surface area contributed by atoms with Gasteiger partial charge in [0.25, 0.3) is 0 Å². The van der Waals surface area contributed by atoms with Gasteiger partial charge in [0, 0.05) is 13.2 Å². The lowest BCUT2D eigenvalue weighted by Gasteiger charge is -2.06. The molecule has 0 aromatic rings. The number of hydrogen-bond donors (Lipinski definition) is 1. The molecule has 0 spiro atoms. The summed E-state index contributed by atoms with van der Waals surface area (Å²) in [5, 5.41) is 9.27. The van der Waals surface area contributed by atoms with Crippen LogP contribution in [0.4, 0.5) is 0 Å². The molecule has 0 aliphatic carbocycles. The Morgan fingerprint density at radius 2 is 0.575 bits per heavy atom. The molecule has 2 heteroatoms. The molecular weight excluding hydrogens is 488 g/mol. The molecule has 0 rings (SSSR count). The Balaban J connectivity index is 3.02. The van der Waals surface area contributed by atoms with Crippen molar-refractivity contribution in [2.24, 2.45) is 0 Å². The van der Waals surface area contributed by atoms with Crippen molar-refractivity contribution < 1.29 is 9.84 Å². The Bertz CT molecular complexity index is 422. The fraction of sp³-hybridized carbons (Fsp3) is 1.00. The van der Waals surface area contributed by atoms with E-state index < -0.39 is 0 Å². The van der Waals surface area contributed by atoms with Gasteiger partial charge in [-0.05, 0) is 26.2 Å². The van der Waals surface area contributed by atoms with Gasteiger partial charge in [-0.1, -0.05) is 200 Å². The molecule has 0 fully saturated rings. The quantitative estimate of drug-likeness (QED) is 0.0764. The zero-order chi connectivity index (χ0) is 29.0. The first-order valence-corrected chi connectivity index (χ1v) is 19.0. The molecule has 0 aliphatic heterocycles. The van der Waals surface area contributed by atoms with E-state index in [1.165, 1.54) is 205 Å². The van der Waals surface area contributed by atoms with E-state index >= 15 is 0 Å². The van der Waals surface area contributed by atoms with Crippen molar-refractivity contribution >= 4 is 0 Å². The molecule has 2 nitrogen and oxygen atoms in total. The third-order valence-electron chi connectivity index (χ3n) is 8.80. The van der Waals surface area contributed by atoms with E-state index in [9.17, 15) is 5.11 Å². The van der Waals surface area contributed by atoms with E-state index in [1.54, 1.807) is 0 Å². The van der Waals surface area contributed by atoms with Crippen LogP contribution in [0.15, 0.2) is 0 Å². The molecule has 0 bridgehead atoms. The molecular formula is C38H78O2. The van der Waals surface area contributed by atoms with Crippen LogP contribution >= 0.6 is 0 Å². The maximum Gasteiger partial charge on any atom is 0.0512 e. The van der Waals surface area contributed by atoms with Crippen molar-refractivity contribution in [2.75, 3.05) is 13.2 Å². The van der Waals surface area contributed by atoms with Crippen molar-refractivity contribution in [3.05, 3.63) is 0 Å². The second-order valence-electron chi connectivity index (χ2n) is 13.2. The van der Waals surface area contributed by atoms with Crippen molar-refractivity contribution in [1.29, 1.82) is 0 Å². The van der Waals surface area contributed by atoms with E-state index in [1.807, 2.05) is 6.92 Å². The molecule has 1 unspecified atom stereocenters. The van der Waals surface area contributed by atoms with Crippen LogP contribution in [0, 0.1) is 0 Å². The molecule has 242 valence electrons. The number of ether oxygens (including phenoxy) is 1. The summed E-state index contributed by atoms with van der Waals surface area (Å²) in [5.41, 5.74) is 0. The van der Waals surface area contributed by atoms with Gasteiger partial charge in [-0.3, -0.25) is 0 Å². The van der Waals surface area contributed by atoms with Gasteiger partial charge in [-0.25, -0.2) is 0 Å². The third kappa shape index (κ3) is 37.9. The second kappa shape index (κ2) is 36.9. The highest BCUT2D eigenvalue weighted by atomic mass is 16.5. The molecule has 0 radical (unpaired) electrons. The molecule has 1 N–H and O–H groups in total. The lowest BCUT2D eigenvalue weighted by Crippen LogP contribution is -1.98. The summed E-state index contributed by atoms with van der Waals surface area (Å²) in [6.45, 7) is 6.18. The summed E-state index contributed by atoms with van der Waals surface area (Å²) in [4.78, 5) is 0. The normalized spacial score (nSPS) is 12.4. The van der Waals surface area contributed by atoms with Gasteiger partial charge in [-0.15, -0.1) is 0 Å². The lowest BCUT2D eigenvalue weighted by molar-refractivity contribution is 0.125. The molecule has 0 aliphatic rings. The first-order chi connectivity index (χ1) is 19.8. The Kier molecular flexibility index (Phi) is 36.9. The highest BCUT2D eigenvalue weighted by Crippen LogP contribution is 2.15. The van der Waals surface area contributed by atoms with Crippen molar-refractivity contribution in [1.82, 2.24) is 0 Å². The fourth-order valence-electron chi connectivity index (χ4n) is 5.97. The van der Waals surface area contributed by atoms with Crippen molar-refractivity contribution in [2.45, 2.75) is 232 Å². The van der Waals surface area contributed by atoms with Crippen LogP contribution < -0.4 is 0 Å². The molecule has 0 saturated carbocycles. The zero-order valence-corrected chi connectivity index (χ0v) is 28.2. The van der Waals surface area contributed by atoms with Crippen molar-refractivity contribution in [3.8, 4) is 0 Å². The lowest BCUT2D eigenvalue weighted by atomic mass is 10.0. The first kappa shape index (κ1) is 39.9. The number of unbranched alkanes of at least 4 members (excludes halogenated alkanes) is 30. The van der Waals surface area contributed by atoms with Crippen LogP contribution in [0.25, 0.3) is 0 Å². The summed E-state index contributed by atoms with van der Waals surface area (Å²) < 4.78 is 5.88. The summed E-state index contributed by atoms with van der Waals surface area (Å²) in [6, 6.07) is 0. The van der Waals surface area contributed by atoms with E-state index in [2.05, 4.69) is 6.92 Å². The largest absolute Gasteiger partial charge is 0.393 e.